The Morgan fingerprint density at radius 1 is 1.20 bits per heavy atom. The molecule has 1 saturated heterocycles. The van der Waals surface area contributed by atoms with Crippen LogP contribution in [-0.2, 0) is 19.3 Å². The van der Waals surface area contributed by atoms with E-state index in [0.29, 0.717) is 11.4 Å². The number of thiazole rings is 1. The molecule has 5 nitrogen and oxygen atoms in total. The van der Waals surface area contributed by atoms with Crippen molar-refractivity contribution < 1.29 is 4.79 Å². The first-order valence-electron chi connectivity index (χ1n) is 9.27. The molecule has 0 unspecified atom stereocenters. The fourth-order valence-corrected chi connectivity index (χ4v) is 4.77. The normalized spacial score (nSPS) is 16.7. The van der Waals surface area contributed by atoms with E-state index < -0.39 is 0 Å². The lowest BCUT2D eigenvalue weighted by atomic mass is 10.0. The molecule has 0 aromatic carbocycles. The predicted molar refractivity (Wildman–Crippen MR) is 100 cm³/mol. The molecule has 1 fully saturated rings. The maximum atomic E-state index is 12.7. The third-order valence-corrected chi connectivity index (χ3v) is 6.17. The minimum absolute atomic E-state index is 0.0952. The number of hydrogen-bond acceptors (Lipinski definition) is 5. The van der Waals surface area contributed by atoms with Crippen molar-refractivity contribution in [2.75, 3.05) is 25.0 Å². The average molecular weight is 356 g/mol. The van der Waals surface area contributed by atoms with Crippen LogP contribution in [0.2, 0.25) is 0 Å². The number of carbonyl (C=O) groups is 1. The maximum absolute atomic E-state index is 12.7. The highest BCUT2D eigenvalue weighted by atomic mass is 32.1. The molecule has 3 heterocycles. The van der Waals surface area contributed by atoms with Gasteiger partial charge >= 0.3 is 0 Å². The third kappa shape index (κ3) is 3.68. The zero-order chi connectivity index (χ0) is 17.1. The van der Waals surface area contributed by atoms with Crippen molar-refractivity contribution in [2.45, 2.75) is 44.9 Å². The molecule has 0 radical (unpaired) electrons. The summed E-state index contributed by atoms with van der Waals surface area (Å²) >= 11 is 1.85. The number of aryl methyl sites for hydroxylation is 2. The number of carbonyl (C=O) groups excluding carboxylic acids is 1. The number of aromatic nitrogens is 2. The lowest BCUT2D eigenvalue weighted by Crippen LogP contribution is -2.28. The number of likely N-dealkylation sites (tertiary alicyclic amines) is 1. The van der Waals surface area contributed by atoms with Gasteiger partial charge < -0.3 is 10.2 Å². The molecule has 1 aliphatic heterocycles. The van der Waals surface area contributed by atoms with Gasteiger partial charge in [0.25, 0.3) is 5.91 Å². The van der Waals surface area contributed by atoms with Crippen molar-refractivity contribution in [3.05, 3.63) is 39.5 Å². The molecule has 0 spiro atoms. The van der Waals surface area contributed by atoms with E-state index in [9.17, 15) is 4.79 Å². The van der Waals surface area contributed by atoms with Crippen molar-refractivity contribution in [1.82, 2.24) is 14.9 Å². The topological polar surface area (TPSA) is 58.1 Å². The summed E-state index contributed by atoms with van der Waals surface area (Å²) in [6.07, 6.45) is 9.71. The summed E-state index contributed by atoms with van der Waals surface area (Å²) in [7, 11) is 0. The fraction of sp³-hybridized carbons (Fsp3) is 0.526. The highest BCUT2D eigenvalue weighted by Gasteiger charge is 2.22. The Labute approximate surface area is 152 Å². The van der Waals surface area contributed by atoms with Crippen LogP contribution in [0, 0.1) is 0 Å². The number of rotatable bonds is 5. The molecule has 0 saturated carbocycles. The Morgan fingerprint density at radius 2 is 2.04 bits per heavy atom. The molecule has 1 N–H and O–H groups in total. The van der Waals surface area contributed by atoms with Crippen molar-refractivity contribution in [3.8, 4) is 0 Å². The molecule has 2 aromatic rings. The van der Waals surface area contributed by atoms with Crippen LogP contribution in [0.3, 0.4) is 0 Å². The van der Waals surface area contributed by atoms with Gasteiger partial charge in [-0.05, 0) is 50.7 Å². The van der Waals surface area contributed by atoms with E-state index in [2.05, 4.69) is 10.3 Å². The van der Waals surface area contributed by atoms with Crippen molar-refractivity contribution >= 4 is 23.1 Å². The zero-order valence-electron chi connectivity index (χ0n) is 14.5. The van der Waals surface area contributed by atoms with Crippen molar-refractivity contribution in [2.24, 2.45) is 0 Å². The Hall–Kier alpha value is -1.95. The van der Waals surface area contributed by atoms with Gasteiger partial charge in [-0.3, -0.25) is 4.79 Å². The van der Waals surface area contributed by atoms with Gasteiger partial charge in [0, 0.05) is 37.1 Å². The Balaban J connectivity index is 1.39. The standard InChI is InChI=1S/C19H24N4OS/c24-19(23-12-3-4-13-23)14-6-5-10-20-18(14)21-11-9-17-22-15-7-1-2-8-16(15)25-17/h5-6,10H,1-4,7-9,11-13H2,(H,20,21). The van der Waals surface area contributed by atoms with Crippen LogP contribution in [0.1, 0.15) is 51.6 Å². The van der Waals surface area contributed by atoms with Crippen LogP contribution < -0.4 is 5.32 Å². The molecule has 2 aromatic heterocycles. The highest BCUT2D eigenvalue weighted by Crippen LogP contribution is 2.27. The molecular weight excluding hydrogens is 332 g/mol. The van der Waals surface area contributed by atoms with Crippen LogP contribution in [0.15, 0.2) is 18.3 Å². The molecular formula is C19H24N4OS. The number of nitrogens with one attached hydrogen (secondary N) is 1. The second kappa shape index (κ2) is 7.52. The SMILES string of the molecule is O=C(c1cccnc1NCCc1nc2c(s1)CCCC2)N1CCCC1. The highest BCUT2D eigenvalue weighted by molar-refractivity contribution is 7.11. The first-order valence-corrected chi connectivity index (χ1v) is 10.1. The molecule has 0 atom stereocenters. The predicted octanol–water partition coefficient (Wildman–Crippen LogP) is 3.31. The van der Waals surface area contributed by atoms with E-state index in [0.717, 1.165) is 45.3 Å². The van der Waals surface area contributed by atoms with Crippen LogP contribution in [0.25, 0.3) is 0 Å². The van der Waals surface area contributed by atoms with Gasteiger partial charge in [-0.2, -0.15) is 0 Å². The van der Waals surface area contributed by atoms with E-state index in [1.54, 1.807) is 6.20 Å². The van der Waals surface area contributed by atoms with E-state index in [4.69, 9.17) is 4.98 Å². The van der Waals surface area contributed by atoms with Crippen molar-refractivity contribution in [3.63, 3.8) is 0 Å². The third-order valence-electron chi connectivity index (χ3n) is 4.95. The van der Waals surface area contributed by atoms with Gasteiger partial charge in [-0.25, -0.2) is 9.97 Å². The first kappa shape index (κ1) is 16.5. The monoisotopic (exact) mass is 356 g/mol. The van der Waals surface area contributed by atoms with E-state index in [1.807, 2.05) is 28.4 Å². The van der Waals surface area contributed by atoms with Crippen LogP contribution in [0.4, 0.5) is 5.82 Å². The van der Waals surface area contributed by atoms with Crippen LogP contribution in [0.5, 0.6) is 0 Å². The van der Waals surface area contributed by atoms with Gasteiger partial charge in [0.15, 0.2) is 0 Å². The average Bonchev–Trinajstić information content (AvgIpc) is 3.31. The van der Waals surface area contributed by atoms with E-state index >= 15 is 0 Å². The van der Waals surface area contributed by atoms with Crippen LogP contribution in [-0.4, -0.2) is 40.4 Å². The summed E-state index contributed by atoms with van der Waals surface area (Å²) in [5.41, 5.74) is 2.00. The van der Waals surface area contributed by atoms with Gasteiger partial charge in [0.2, 0.25) is 0 Å². The Kier molecular flexibility index (Phi) is 4.97. The number of amides is 1. The fourth-order valence-electron chi connectivity index (χ4n) is 3.61. The van der Waals surface area contributed by atoms with Crippen molar-refractivity contribution in [1.29, 1.82) is 0 Å². The summed E-state index contributed by atoms with van der Waals surface area (Å²) in [5.74, 6) is 0.790. The molecule has 1 aliphatic carbocycles. The molecule has 0 bridgehead atoms. The Bertz CT molecular complexity index is 728. The number of anilines is 1. The minimum atomic E-state index is 0.0952. The second-order valence-corrected chi connectivity index (χ2v) is 7.93. The molecule has 25 heavy (non-hydrogen) atoms. The van der Waals surface area contributed by atoms with E-state index in [1.165, 1.54) is 34.8 Å². The van der Waals surface area contributed by atoms with Crippen LogP contribution >= 0.6 is 11.3 Å². The molecule has 1 amide bonds. The van der Waals surface area contributed by atoms with E-state index in [-0.39, 0.29) is 5.91 Å². The molecule has 4 rings (SSSR count). The second-order valence-electron chi connectivity index (χ2n) is 6.76. The zero-order valence-corrected chi connectivity index (χ0v) is 15.3. The largest absolute Gasteiger partial charge is 0.369 e. The summed E-state index contributed by atoms with van der Waals surface area (Å²) in [6, 6.07) is 3.71. The summed E-state index contributed by atoms with van der Waals surface area (Å²) in [4.78, 5) is 25.3. The molecule has 2 aliphatic rings. The van der Waals surface area contributed by atoms with Gasteiger partial charge in [-0.15, -0.1) is 11.3 Å². The summed E-state index contributed by atoms with van der Waals surface area (Å²) in [6.45, 7) is 2.47. The number of hydrogen-bond donors (Lipinski definition) is 1. The first-order chi connectivity index (χ1) is 12.3. The molecule has 6 heteroatoms. The summed E-state index contributed by atoms with van der Waals surface area (Å²) < 4.78 is 0. The Morgan fingerprint density at radius 3 is 2.88 bits per heavy atom. The number of pyridine rings is 1. The van der Waals surface area contributed by atoms with Gasteiger partial charge in [-0.1, -0.05) is 0 Å². The smallest absolute Gasteiger partial charge is 0.257 e. The number of nitrogens with zero attached hydrogens (tertiary/aromatic N) is 3. The van der Waals surface area contributed by atoms with Gasteiger partial charge in [0.05, 0.1) is 16.3 Å². The van der Waals surface area contributed by atoms with Gasteiger partial charge in [0.1, 0.15) is 5.82 Å². The lowest BCUT2D eigenvalue weighted by Gasteiger charge is -2.17. The summed E-state index contributed by atoms with van der Waals surface area (Å²) in [5, 5.41) is 4.55. The molecule has 132 valence electrons. The quantitative estimate of drug-likeness (QED) is 0.893. The number of fused-ring (bicyclic) bond motifs is 1. The minimum Gasteiger partial charge on any atom is -0.369 e. The lowest BCUT2D eigenvalue weighted by molar-refractivity contribution is 0.0793. The maximum Gasteiger partial charge on any atom is 0.257 e.